The topological polar surface area (TPSA) is 75.2 Å². The molecule has 0 unspecified atom stereocenters. The monoisotopic (exact) mass is 156 g/mol. The van der Waals surface area contributed by atoms with E-state index in [4.69, 9.17) is 9.84 Å². The number of carboxylic acid groups (broad SMARTS) is 1. The molecule has 0 atom stereocenters. The normalized spacial score (nSPS) is 9.55. The number of hydrogen-bond donors (Lipinski definition) is 2. The standard InChI is InChI=1S/C6H8N2O3/c1-4-6(8-3-7-4)11-2-5(9)10/h3H,2H2,1H3,(H,7,8)(H,9,10). The zero-order chi connectivity index (χ0) is 8.27. The Bertz CT molecular complexity index is 256. The zero-order valence-corrected chi connectivity index (χ0v) is 6.00. The molecule has 0 saturated heterocycles. The van der Waals surface area contributed by atoms with Crippen LogP contribution in [-0.2, 0) is 4.79 Å². The van der Waals surface area contributed by atoms with E-state index < -0.39 is 5.97 Å². The van der Waals surface area contributed by atoms with Crippen molar-refractivity contribution < 1.29 is 14.6 Å². The first-order valence-corrected chi connectivity index (χ1v) is 3.04. The van der Waals surface area contributed by atoms with E-state index >= 15 is 0 Å². The third-order valence-electron chi connectivity index (χ3n) is 1.12. The molecule has 2 N–H and O–H groups in total. The van der Waals surface area contributed by atoms with Crippen molar-refractivity contribution in [3.63, 3.8) is 0 Å². The molecule has 1 aromatic heterocycles. The lowest BCUT2D eigenvalue weighted by atomic mass is 10.5. The van der Waals surface area contributed by atoms with Gasteiger partial charge in [-0.15, -0.1) is 0 Å². The number of aromatic amines is 1. The Hall–Kier alpha value is -1.52. The SMILES string of the molecule is Cc1[nH]cnc1OCC(=O)O. The van der Waals surface area contributed by atoms with E-state index in [0.29, 0.717) is 5.88 Å². The van der Waals surface area contributed by atoms with Gasteiger partial charge in [-0.3, -0.25) is 0 Å². The molecule has 0 saturated carbocycles. The van der Waals surface area contributed by atoms with Gasteiger partial charge in [0.1, 0.15) is 0 Å². The average molecular weight is 156 g/mol. The highest BCUT2D eigenvalue weighted by atomic mass is 16.5. The fourth-order valence-corrected chi connectivity index (χ4v) is 0.622. The molecule has 1 aromatic rings. The molecule has 0 aliphatic carbocycles. The van der Waals surface area contributed by atoms with Gasteiger partial charge in [-0.1, -0.05) is 0 Å². The van der Waals surface area contributed by atoms with Crippen LogP contribution in [0.5, 0.6) is 5.88 Å². The molecule has 0 aromatic carbocycles. The minimum Gasteiger partial charge on any atom is -0.479 e. The summed E-state index contributed by atoms with van der Waals surface area (Å²) in [5, 5.41) is 8.24. The number of rotatable bonds is 3. The second kappa shape index (κ2) is 3.05. The van der Waals surface area contributed by atoms with Crippen molar-refractivity contribution in [3.05, 3.63) is 12.0 Å². The molecule has 0 radical (unpaired) electrons. The fourth-order valence-electron chi connectivity index (χ4n) is 0.622. The van der Waals surface area contributed by atoms with Crippen LogP contribution in [0.15, 0.2) is 6.33 Å². The Labute approximate surface area is 63.0 Å². The molecular weight excluding hydrogens is 148 g/mol. The molecule has 0 aliphatic heterocycles. The van der Waals surface area contributed by atoms with Crippen molar-refractivity contribution in [3.8, 4) is 5.88 Å². The van der Waals surface area contributed by atoms with Crippen LogP contribution < -0.4 is 4.74 Å². The van der Waals surface area contributed by atoms with Crippen LogP contribution in [-0.4, -0.2) is 27.7 Å². The summed E-state index contributed by atoms with van der Waals surface area (Å²) < 4.78 is 4.80. The number of nitrogens with zero attached hydrogens (tertiary/aromatic N) is 1. The Morgan fingerprint density at radius 2 is 2.64 bits per heavy atom. The largest absolute Gasteiger partial charge is 0.479 e. The summed E-state index contributed by atoms with van der Waals surface area (Å²) in [7, 11) is 0. The van der Waals surface area contributed by atoms with E-state index in [1.54, 1.807) is 6.92 Å². The molecule has 0 fully saturated rings. The lowest BCUT2D eigenvalue weighted by Gasteiger charge is -1.97. The summed E-state index contributed by atoms with van der Waals surface area (Å²) in [5.41, 5.74) is 0.728. The molecule has 60 valence electrons. The van der Waals surface area contributed by atoms with Crippen molar-refractivity contribution in [1.29, 1.82) is 0 Å². The average Bonchev–Trinajstić information content (AvgIpc) is 2.31. The van der Waals surface area contributed by atoms with Crippen LogP contribution in [0.3, 0.4) is 0 Å². The van der Waals surface area contributed by atoms with Gasteiger partial charge in [0.05, 0.1) is 12.0 Å². The summed E-state index contributed by atoms with van der Waals surface area (Å²) in [6.45, 7) is 1.40. The van der Waals surface area contributed by atoms with Crippen molar-refractivity contribution >= 4 is 5.97 Å². The quantitative estimate of drug-likeness (QED) is 0.654. The maximum absolute atomic E-state index is 10.0. The van der Waals surface area contributed by atoms with E-state index in [-0.39, 0.29) is 6.61 Å². The smallest absolute Gasteiger partial charge is 0.341 e. The highest BCUT2D eigenvalue weighted by molar-refractivity contribution is 5.68. The van der Waals surface area contributed by atoms with Gasteiger partial charge in [0, 0.05) is 0 Å². The Kier molecular flexibility index (Phi) is 2.10. The van der Waals surface area contributed by atoms with Crippen molar-refractivity contribution in [2.75, 3.05) is 6.61 Å². The predicted octanol–water partition coefficient (Wildman–Crippen LogP) is 0.182. The van der Waals surface area contributed by atoms with Gasteiger partial charge < -0.3 is 14.8 Å². The van der Waals surface area contributed by atoms with E-state index in [1.807, 2.05) is 0 Å². The molecule has 5 nitrogen and oxygen atoms in total. The molecule has 5 heteroatoms. The lowest BCUT2D eigenvalue weighted by Crippen LogP contribution is -2.10. The summed E-state index contributed by atoms with van der Waals surface area (Å²) in [6.07, 6.45) is 1.45. The maximum Gasteiger partial charge on any atom is 0.341 e. The number of H-pyrrole nitrogens is 1. The molecule has 1 rings (SSSR count). The summed E-state index contributed by atoms with van der Waals surface area (Å²) >= 11 is 0. The highest BCUT2D eigenvalue weighted by Gasteiger charge is 2.03. The van der Waals surface area contributed by atoms with E-state index in [1.165, 1.54) is 6.33 Å². The Morgan fingerprint density at radius 1 is 1.91 bits per heavy atom. The zero-order valence-electron chi connectivity index (χ0n) is 6.00. The molecule has 0 amide bonds. The van der Waals surface area contributed by atoms with Crippen molar-refractivity contribution in [2.24, 2.45) is 0 Å². The number of carbonyl (C=O) groups is 1. The molecule has 0 spiro atoms. The van der Waals surface area contributed by atoms with E-state index in [2.05, 4.69) is 9.97 Å². The highest BCUT2D eigenvalue weighted by Crippen LogP contribution is 2.09. The number of aryl methyl sites for hydroxylation is 1. The van der Waals surface area contributed by atoms with Gasteiger partial charge in [-0.05, 0) is 6.92 Å². The summed E-state index contributed by atoms with van der Waals surface area (Å²) in [4.78, 5) is 16.6. The molecule has 0 aliphatic rings. The first kappa shape index (κ1) is 7.59. The molecule has 11 heavy (non-hydrogen) atoms. The first-order chi connectivity index (χ1) is 5.20. The number of carboxylic acids is 1. The molecular formula is C6H8N2O3. The minimum atomic E-state index is -1.01. The second-order valence-electron chi connectivity index (χ2n) is 2.02. The van der Waals surface area contributed by atoms with Gasteiger partial charge in [0.2, 0.25) is 5.88 Å². The van der Waals surface area contributed by atoms with Crippen LogP contribution in [0.25, 0.3) is 0 Å². The predicted molar refractivity (Wildman–Crippen MR) is 36.5 cm³/mol. The third-order valence-corrected chi connectivity index (χ3v) is 1.12. The maximum atomic E-state index is 10.0. The summed E-state index contributed by atoms with van der Waals surface area (Å²) in [5.74, 6) is -0.667. The number of imidazole rings is 1. The Balaban J connectivity index is 2.51. The molecule has 0 bridgehead atoms. The number of aliphatic carboxylic acids is 1. The van der Waals surface area contributed by atoms with Crippen LogP contribution in [0, 0.1) is 6.92 Å². The second-order valence-corrected chi connectivity index (χ2v) is 2.02. The third kappa shape index (κ3) is 1.96. The van der Waals surface area contributed by atoms with Crippen molar-refractivity contribution in [1.82, 2.24) is 9.97 Å². The van der Waals surface area contributed by atoms with Gasteiger partial charge in [-0.25, -0.2) is 9.78 Å². The lowest BCUT2D eigenvalue weighted by molar-refractivity contribution is -0.139. The van der Waals surface area contributed by atoms with Crippen LogP contribution >= 0.6 is 0 Å². The summed E-state index contributed by atoms with van der Waals surface area (Å²) in [6, 6.07) is 0. The van der Waals surface area contributed by atoms with Gasteiger partial charge in [0.25, 0.3) is 0 Å². The number of nitrogens with one attached hydrogen (secondary N) is 1. The van der Waals surface area contributed by atoms with Crippen LogP contribution in [0.1, 0.15) is 5.69 Å². The van der Waals surface area contributed by atoms with Crippen LogP contribution in [0.4, 0.5) is 0 Å². The first-order valence-electron chi connectivity index (χ1n) is 3.04. The fraction of sp³-hybridized carbons (Fsp3) is 0.333. The van der Waals surface area contributed by atoms with Crippen LogP contribution in [0.2, 0.25) is 0 Å². The van der Waals surface area contributed by atoms with E-state index in [9.17, 15) is 4.79 Å². The Morgan fingerprint density at radius 3 is 3.09 bits per heavy atom. The van der Waals surface area contributed by atoms with Gasteiger partial charge in [0.15, 0.2) is 6.61 Å². The number of aromatic nitrogens is 2. The van der Waals surface area contributed by atoms with Crippen molar-refractivity contribution in [2.45, 2.75) is 6.92 Å². The number of hydrogen-bond acceptors (Lipinski definition) is 3. The van der Waals surface area contributed by atoms with E-state index in [0.717, 1.165) is 5.69 Å². The number of ether oxygens (including phenoxy) is 1. The van der Waals surface area contributed by atoms with Gasteiger partial charge >= 0.3 is 5.97 Å². The molecule has 1 heterocycles. The minimum absolute atomic E-state index is 0.340. The van der Waals surface area contributed by atoms with Gasteiger partial charge in [-0.2, -0.15) is 0 Å².